The Hall–Kier alpha value is -1.18. The second kappa shape index (κ2) is 8.23. The van der Waals surface area contributed by atoms with Crippen molar-refractivity contribution >= 4 is 0 Å². The van der Waals surface area contributed by atoms with E-state index in [2.05, 4.69) is 13.8 Å². The van der Waals surface area contributed by atoms with Crippen molar-refractivity contribution in [2.45, 2.75) is 104 Å². The Morgan fingerprint density at radius 3 is 1.81 bits per heavy atom. The van der Waals surface area contributed by atoms with Crippen LogP contribution in [-0.4, -0.2) is 10.2 Å². The van der Waals surface area contributed by atoms with Crippen molar-refractivity contribution in [1.82, 2.24) is 0 Å². The largest absolute Gasteiger partial charge is 0.504 e. The zero-order valence-electron chi connectivity index (χ0n) is 16.9. The van der Waals surface area contributed by atoms with E-state index in [0.717, 1.165) is 36.8 Å². The number of phenolic OH excluding ortho intramolecular Hbond substituents is 2. The fourth-order valence-electron chi connectivity index (χ4n) is 4.35. The van der Waals surface area contributed by atoms with E-state index in [4.69, 9.17) is 0 Å². The summed E-state index contributed by atoms with van der Waals surface area (Å²) in [6, 6.07) is 4.06. The molecule has 0 amide bonds. The van der Waals surface area contributed by atoms with Crippen LogP contribution in [0, 0.1) is 10.8 Å². The van der Waals surface area contributed by atoms with Gasteiger partial charge in [0.05, 0.1) is 0 Å². The zero-order valence-corrected chi connectivity index (χ0v) is 16.9. The van der Waals surface area contributed by atoms with Crippen LogP contribution < -0.4 is 0 Å². The van der Waals surface area contributed by atoms with Gasteiger partial charge in [-0.3, -0.25) is 0 Å². The molecule has 0 spiro atoms. The quantitative estimate of drug-likeness (QED) is 0.315. The second-order valence-electron chi connectivity index (χ2n) is 9.51. The van der Waals surface area contributed by atoms with E-state index in [1.54, 1.807) is 0 Å². The average molecular weight is 359 g/mol. The smallest absolute Gasteiger partial charge is 0.160 e. The van der Waals surface area contributed by atoms with Crippen LogP contribution >= 0.6 is 0 Å². The van der Waals surface area contributed by atoms with Gasteiger partial charge in [-0.2, -0.15) is 0 Å². The van der Waals surface area contributed by atoms with Gasteiger partial charge in [0.25, 0.3) is 0 Å². The lowest BCUT2D eigenvalue weighted by Crippen LogP contribution is -1.98. The molecule has 1 aromatic rings. The van der Waals surface area contributed by atoms with Gasteiger partial charge in [0.2, 0.25) is 0 Å². The predicted molar refractivity (Wildman–Crippen MR) is 109 cm³/mol. The molecule has 2 fully saturated rings. The van der Waals surface area contributed by atoms with Gasteiger partial charge in [-0.15, -0.1) is 0 Å². The third-order valence-electron chi connectivity index (χ3n) is 7.26. The number of aryl methyl sites for hydroxylation is 2. The lowest BCUT2D eigenvalue weighted by molar-refractivity contribution is 0.392. The number of benzene rings is 1. The van der Waals surface area contributed by atoms with E-state index >= 15 is 0 Å². The first-order chi connectivity index (χ1) is 12.5. The molecular formula is C24H38O2. The van der Waals surface area contributed by atoms with Crippen LogP contribution in [0.2, 0.25) is 0 Å². The molecule has 0 unspecified atom stereocenters. The summed E-state index contributed by atoms with van der Waals surface area (Å²) in [7, 11) is 0. The van der Waals surface area contributed by atoms with Gasteiger partial charge >= 0.3 is 0 Å². The number of rotatable bonds is 12. The van der Waals surface area contributed by atoms with Gasteiger partial charge in [0.1, 0.15) is 0 Å². The maximum Gasteiger partial charge on any atom is 0.160 e. The van der Waals surface area contributed by atoms with Crippen LogP contribution in [0.25, 0.3) is 0 Å². The summed E-state index contributed by atoms with van der Waals surface area (Å²) in [5.74, 6) is 0.256. The second-order valence-corrected chi connectivity index (χ2v) is 9.51. The van der Waals surface area contributed by atoms with Gasteiger partial charge in [-0.25, -0.2) is 0 Å². The van der Waals surface area contributed by atoms with Crippen LogP contribution in [0.15, 0.2) is 12.1 Å². The van der Waals surface area contributed by atoms with E-state index in [0.29, 0.717) is 10.8 Å². The Kier molecular flexibility index (Phi) is 6.20. The van der Waals surface area contributed by atoms with E-state index < -0.39 is 0 Å². The molecule has 2 aliphatic rings. The first-order valence-corrected chi connectivity index (χ1v) is 11.0. The monoisotopic (exact) mass is 358 g/mol. The molecule has 26 heavy (non-hydrogen) atoms. The van der Waals surface area contributed by atoms with Gasteiger partial charge < -0.3 is 10.2 Å². The molecule has 0 saturated heterocycles. The molecule has 0 aromatic heterocycles. The fourth-order valence-corrected chi connectivity index (χ4v) is 4.35. The molecule has 1 aromatic carbocycles. The van der Waals surface area contributed by atoms with Gasteiger partial charge in [-0.05, 0) is 86.2 Å². The Morgan fingerprint density at radius 2 is 1.31 bits per heavy atom. The van der Waals surface area contributed by atoms with Gasteiger partial charge in [0.15, 0.2) is 11.5 Å². The molecule has 2 N–H and O–H groups in total. The first-order valence-electron chi connectivity index (χ1n) is 11.0. The molecule has 0 aliphatic heterocycles. The highest BCUT2D eigenvalue weighted by Gasteiger charge is 2.39. The lowest BCUT2D eigenvalue weighted by atomic mass is 9.94. The Balaban J connectivity index is 1.38. The molecule has 0 radical (unpaired) electrons. The molecule has 0 atom stereocenters. The standard InChI is InChI=1S/C24H38O2/c1-3-24(17-18-24)14-7-4-5-9-19-11-12-20(22(26)21(19)25)10-6-8-13-23(2)15-16-23/h11-12,25-26H,3-10,13-18H2,1-2H3. The fraction of sp³-hybridized carbons (Fsp3) is 0.750. The maximum atomic E-state index is 10.4. The van der Waals surface area contributed by atoms with Crippen molar-refractivity contribution < 1.29 is 10.2 Å². The summed E-state index contributed by atoms with van der Waals surface area (Å²) < 4.78 is 0. The molecular weight excluding hydrogens is 320 g/mol. The minimum atomic E-state index is 0.128. The highest BCUT2D eigenvalue weighted by atomic mass is 16.3. The van der Waals surface area contributed by atoms with Crippen molar-refractivity contribution in [2.24, 2.45) is 10.8 Å². The Bertz CT molecular complexity index is 596. The minimum Gasteiger partial charge on any atom is -0.504 e. The van der Waals surface area contributed by atoms with Crippen LogP contribution in [0.1, 0.15) is 102 Å². The Labute approximate surface area is 160 Å². The SMILES string of the molecule is CCC1(CCCCCc2ccc(CCCCC3(C)CC3)c(O)c2O)CC1. The van der Waals surface area contributed by atoms with E-state index in [-0.39, 0.29) is 11.5 Å². The molecule has 2 nitrogen and oxygen atoms in total. The summed E-state index contributed by atoms with van der Waals surface area (Å²) in [4.78, 5) is 0. The van der Waals surface area contributed by atoms with E-state index in [9.17, 15) is 10.2 Å². The Morgan fingerprint density at radius 1 is 0.769 bits per heavy atom. The topological polar surface area (TPSA) is 40.5 Å². The normalized spacial score (nSPS) is 19.5. The highest BCUT2D eigenvalue weighted by Crippen LogP contribution is 2.52. The van der Waals surface area contributed by atoms with Crippen LogP contribution in [0.4, 0.5) is 0 Å². The zero-order chi connectivity index (χ0) is 18.6. The molecule has 2 saturated carbocycles. The van der Waals surface area contributed by atoms with Gasteiger partial charge in [0, 0.05) is 0 Å². The van der Waals surface area contributed by atoms with Crippen molar-refractivity contribution in [1.29, 1.82) is 0 Å². The van der Waals surface area contributed by atoms with Crippen LogP contribution in [-0.2, 0) is 12.8 Å². The lowest BCUT2D eigenvalue weighted by Gasteiger charge is -2.13. The number of phenols is 2. The molecule has 2 heteroatoms. The third-order valence-corrected chi connectivity index (χ3v) is 7.26. The summed E-state index contributed by atoms with van der Waals surface area (Å²) in [6.07, 6.45) is 17.3. The molecule has 0 heterocycles. The number of aromatic hydroxyl groups is 2. The number of hydrogen-bond acceptors (Lipinski definition) is 2. The summed E-state index contributed by atoms with van der Waals surface area (Å²) >= 11 is 0. The summed E-state index contributed by atoms with van der Waals surface area (Å²) in [6.45, 7) is 4.69. The average Bonchev–Trinajstić information content (AvgIpc) is 3.55. The van der Waals surface area contributed by atoms with E-state index in [1.807, 2.05) is 12.1 Å². The number of hydrogen-bond donors (Lipinski definition) is 2. The van der Waals surface area contributed by atoms with Crippen molar-refractivity contribution in [3.8, 4) is 11.5 Å². The summed E-state index contributed by atoms with van der Waals surface area (Å²) in [5.41, 5.74) is 3.13. The maximum absolute atomic E-state index is 10.4. The van der Waals surface area contributed by atoms with Crippen molar-refractivity contribution in [3.05, 3.63) is 23.3 Å². The van der Waals surface area contributed by atoms with Crippen LogP contribution in [0.3, 0.4) is 0 Å². The molecule has 0 bridgehead atoms. The first kappa shape index (κ1) is 19.6. The molecule has 2 aliphatic carbocycles. The van der Waals surface area contributed by atoms with Crippen LogP contribution in [0.5, 0.6) is 11.5 Å². The summed E-state index contributed by atoms with van der Waals surface area (Å²) in [5, 5.41) is 20.7. The van der Waals surface area contributed by atoms with Gasteiger partial charge in [-0.1, -0.05) is 51.7 Å². The van der Waals surface area contributed by atoms with Crippen molar-refractivity contribution in [2.75, 3.05) is 0 Å². The highest BCUT2D eigenvalue weighted by molar-refractivity contribution is 5.50. The predicted octanol–water partition coefficient (Wildman–Crippen LogP) is 6.90. The molecule has 3 rings (SSSR count). The number of unbranched alkanes of at least 4 members (excludes halogenated alkanes) is 3. The van der Waals surface area contributed by atoms with E-state index in [1.165, 1.54) is 64.2 Å². The third kappa shape index (κ3) is 5.18. The molecule has 146 valence electrons. The van der Waals surface area contributed by atoms with Crippen molar-refractivity contribution in [3.63, 3.8) is 0 Å². The minimum absolute atomic E-state index is 0.128.